The Kier molecular flexibility index (Phi) is 4.46. The number of nitrogens with two attached hydrogens (primary N) is 1. The Hall–Kier alpha value is -1.31. The van der Waals surface area contributed by atoms with Crippen LogP contribution in [0.15, 0.2) is 23.1 Å². The van der Waals surface area contributed by atoms with Crippen LogP contribution in [0.2, 0.25) is 0 Å². The van der Waals surface area contributed by atoms with Crippen molar-refractivity contribution in [3.63, 3.8) is 0 Å². The molecule has 0 amide bonds. The second kappa shape index (κ2) is 5.82. The SMILES string of the molecule is CN1CCC(C)(CNS(=O)(=O)c2ccc(O)c(N)c2)CC1. The summed E-state index contributed by atoms with van der Waals surface area (Å²) < 4.78 is 27.2. The molecule has 7 heteroatoms. The van der Waals surface area contributed by atoms with Gasteiger partial charge in [-0.1, -0.05) is 6.92 Å². The van der Waals surface area contributed by atoms with E-state index in [1.165, 1.54) is 18.2 Å². The predicted octanol–water partition coefficient (Wildman–Crippen LogP) is 0.985. The van der Waals surface area contributed by atoms with E-state index in [4.69, 9.17) is 5.73 Å². The van der Waals surface area contributed by atoms with E-state index in [1.54, 1.807) is 0 Å². The average Bonchev–Trinajstić information content (AvgIpc) is 2.43. The topological polar surface area (TPSA) is 95.7 Å². The number of nitrogen functional groups attached to an aromatic ring is 1. The summed E-state index contributed by atoms with van der Waals surface area (Å²) in [5.74, 6) is -0.115. The number of nitrogens with one attached hydrogen (secondary N) is 1. The molecule has 6 nitrogen and oxygen atoms in total. The molecule has 21 heavy (non-hydrogen) atoms. The van der Waals surface area contributed by atoms with Crippen LogP contribution < -0.4 is 10.5 Å². The Morgan fingerprint density at radius 3 is 2.57 bits per heavy atom. The lowest BCUT2D eigenvalue weighted by atomic mass is 9.81. The predicted molar refractivity (Wildman–Crippen MR) is 82.5 cm³/mol. The van der Waals surface area contributed by atoms with Crippen LogP contribution >= 0.6 is 0 Å². The van der Waals surface area contributed by atoms with E-state index in [0.717, 1.165) is 25.9 Å². The van der Waals surface area contributed by atoms with Crippen molar-refractivity contribution in [3.8, 4) is 5.75 Å². The first-order valence-corrected chi connectivity index (χ1v) is 8.47. The smallest absolute Gasteiger partial charge is 0.240 e. The van der Waals surface area contributed by atoms with Gasteiger partial charge in [-0.05, 0) is 56.6 Å². The largest absolute Gasteiger partial charge is 0.506 e. The molecule has 0 bridgehead atoms. The van der Waals surface area contributed by atoms with Gasteiger partial charge in [0.05, 0.1) is 10.6 Å². The number of hydrogen-bond acceptors (Lipinski definition) is 5. The monoisotopic (exact) mass is 313 g/mol. The van der Waals surface area contributed by atoms with Crippen molar-refractivity contribution in [2.24, 2.45) is 5.41 Å². The van der Waals surface area contributed by atoms with Gasteiger partial charge >= 0.3 is 0 Å². The second-order valence-corrected chi connectivity index (χ2v) is 7.93. The van der Waals surface area contributed by atoms with Gasteiger partial charge in [-0.25, -0.2) is 13.1 Å². The number of anilines is 1. The molecule has 1 aliphatic heterocycles. The number of phenols is 1. The van der Waals surface area contributed by atoms with Crippen LogP contribution in [0.4, 0.5) is 5.69 Å². The fourth-order valence-corrected chi connectivity index (χ4v) is 3.62. The van der Waals surface area contributed by atoms with E-state index in [-0.39, 0.29) is 21.7 Å². The summed E-state index contributed by atoms with van der Waals surface area (Å²) in [5.41, 5.74) is 5.58. The van der Waals surface area contributed by atoms with Gasteiger partial charge in [-0.3, -0.25) is 0 Å². The normalized spacial score (nSPS) is 19.5. The zero-order chi connectivity index (χ0) is 15.7. The third-order valence-corrected chi connectivity index (χ3v) is 5.59. The lowest BCUT2D eigenvalue weighted by Gasteiger charge is -2.37. The fraction of sp³-hybridized carbons (Fsp3) is 0.571. The highest BCUT2D eigenvalue weighted by Crippen LogP contribution is 2.30. The van der Waals surface area contributed by atoms with Crippen molar-refractivity contribution < 1.29 is 13.5 Å². The Labute approximate surface area is 126 Å². The second-order valence-electron chi connectivity index (χ2n) is 6.16. The number of likely N-dealkylation sites (tertiary alicyclic amines) is 1. The Balaban J connectivity index is 2.06. The van der Waals surface area contributed by atoms with E-state index in [2.05, 4.69) is 23.6 Å². The molecule has 0 saturated carbocycles. The summed E-state index contributed by atoms with van der Waals surface area (Å²) in [6, 6.07) is 3.92. The van der Waals surface area contributed by atoms with Gasteiger partial charge in [-0.15, -0.1) is 0 Å². The first kappa shape index (κ1) is 16.1. The molecule has 0 atom stereocenters. The van der Waals surface area contributed by atoms with Crippen LogP contribution in [0.1, 0.15) is 19.8 Å². The molecule has 0 aromatic heterocycles. The zero-order valence-electron chi connectivity index (χ0n) is 12.5. The highest BCUT2D eigenvalue weighted by molar-refractivity contribution is 7.89. The number of phenolic OH excluding ortho intramolecular Hbond substituents is 1. The molecule has 1 aromatic carbocycles. The minimum atomic E-state index is -3.61. The van der Waals surface area contributed by atoms with Crippen LogP contribution in [0.5, 0.6) is 5.75 Å². The summed E-state index contributed by atoms with van der Waals surface area (Å²) in [5, 5.41) is 9.36. The fourth-order valence-electron chi connectivity index (χ4n) is 2.39. The number of rotatable bonds is 4. The molecule has 1 aromatic rings. The van der Waals surface area contributed by atoms with Gasteiger partial charge < -0.3 is 15.7 Å². The van der Waals surface area contributed by atoms with E-state index in [9.17, 15) is 13.5 Å². The lowest BCUT2D eigenvalue weighted by molar-refractivity contribution is 0.143. The zero-order valence-corrected chi connectivity index (χ0v) is 13.3. The Morgan fingerprint density at radius 2 is 2.00 bits per heavy atom. The molecular weight excluding hydrogens is 290 g/mol. The Bertz CT molecular complexity index is 608. The summed E-state index contributed by atoms with van der Waals surface area (Å²) in [6.45, 7) is 4.46. The van der Waals surface area contributed by atoms with Gasteiger partial charge in [0.25, 0.3) is 0 Å². The lowest BCUT2D eigenvalue weighted by Crippen LogP contribution is -2.43. The van der Waals surface area contributed by atoms with Gasteiger partial charge in [0.15, 0.2) is 0 Å². The highest BCUT2D eigenvalue weighted by Gasteiger charge is 2.30. The Morgan fingerprint density at radius 1 is 1.38 bits per heavy atom. The number of sulfonamides is 1. The van der Waals surface area contributed by atoms with Crippen molar-refractivity contribution in [1.82, 2.24) is 9.62 Å². The molecule has 1 saturated heterocycles. The third kappa shape index (κ3) is 3.87. The summed E-state index contributed by atoms with van der Waals surface area (Å²) in [4.78, 5) is 2.33. The molecule has 0 radical (unpaired) electrons. The summed E-state index contributed by atoms with van der Waals surface area (Å²) in [6.07, 6.45) is 1.92. The maximum absolute atomic E-state index is 12.3. The highest BCUT2D eigenvalue weighted by atomic mass is 32.2. The first-order valence-electron chi connectivity index (χ1n) is 6.99. The van der Waals surface area contributed by atoms with E-state index >= 15 is 0 Å². The van der Waals surface area contributed by atoms with E-state index < -0.39 is 10.0 Å². The molecule has 1 fully saturated rings. The van der Waals surface area contributed by atoms with E-state index in [1.807, 2.05) is 0 Å². The number of benzene rings is 1. The maximum atomic E-state index is 12.3. The molecule has 0 spiro atoms. The van der Waals surface area contributed by atoms with Crippen molar-refractivity contribution in [3.05, 3.63) is 18.2 Å². The van der Waals surface area contributed by atoms with Crippen LogP contribution in [0.25, 0.3) is 0 Å². The quantitative estimate of drug-likeness (QED) is 0.569. The van der Waals surface area contributed by atoms with Gasteiger partial charge in [-0.2, -0.15) is 0 Å². The third-order valence-electron chi connectivity index (χ3n) is 4.19. The van der Waals surface area contributed by atoms with Gasteiger partial charge in [0, 0.05) is 6.54 Å². The molecule has 2 rings (SSSR count). The summed E-state index contributed by atoms with van der Waals surface area (Å²) in [7, 11) is -1.53. The van der Waals surface area contributed by atoms with Crippen LogP contribution in [0, 0.1) is 5.41 Å². The minimum absolute atomic E-state index is 0.0258. The summed E-state index contributed by atoms with van der Waals surface area (Å²) >= 11 is 0. The minimum Gasteiger partial charge on any atom is -0.506 e. The van der Waals surface area contributed by atoms with Gasteiger partial charge in [0.1, 0.15) is 5.75 Å². The van der Waals surface area contributed by atoms with Crippen molar-refractivity contribution in [2.75, 3.05) is 32.4 Å². The molecule has 1 aliphatic rings. The molecule has 1 heterocycles. The molecular formula is C14H23N3O3S. The molecule has 0 unspecified atom stereocenters. The van der Waals surface area contributed by atoms with Gasteiger partial charge in [0.2, 0.25) is 10.0 Å². The van der Waals surface area contributed by atoms with E-state index in [0.29, 0.717) is 6.54 Å². The number of nitrogens with zero attached hydrogens (tertiary/aromatic N) is 1. The molecule has 4 N–H and O–H groups in total. The molecule has 0 aliphatic carbocycles. The van der Waals surface area contributed by atoms with Crippen molar-refractivity contribution in [1.29, 1.82) is 0 Å². The van der Waals surface area contributed by atoms with Crippen LogP contribution in [-0.2, 0) is 10.0 Å². The van der Waals surface area contributed by atoms with Crippen molar-refractivity contribution >= 4 is 15.7 Å². The number of hydrogen-bond donors (Lipinski definition) is 3. The van der Waals surface area contributed by atoms with Crippen LogP contribution in [0.3, 0.4) is 0 Å². The first-order chi connectivity index (χ1) is 9.72. The molecule has 118 valence electrons. The number of aromatic hydroxyl groups is 1. The standard InChI is InChI=1S/C14H23N3O3S/c1-14(5-7-17(2)8-6-14)10-16-21(19,20)11-3-4-13(18)12(15)9-11/h3-4,9,16,18H,5-8,10,15H2,1-2H3. The maximum Gasteiger partial charge on any atom is 0.240 e. The van der Waals surface area contributed by atoms with Crippen molar-refractivity contribution in [2.45, 2.75) is 24.7 Å². The number of piperidine rings is 1. The average molecular weight is 313 g/mol. The van der Waals surface area contributed by atoms with Crippen LogP contribution in [-0.4, -0.2) is 45.1 Å².